The lowest BCUT2D eigenvalue weighted by molar-refractivity contribution is 0.206. The van der Waals surface area contributed by atoms with Gasteiger partial charge in [-0.15, -0.1) is 0 Å². The Kier molecular flexibility index (Phi) is 6.93. The average molecular weight is 263 g/mol. The summed E-state index contributed by atoms with van der Waals surface area (Å²) in [6, 6.07) is 4.36. The number of rotatable bonds is 8. The molecule has 0 bridgehead atoms. The van der Waals surface area contributed by atoms with Crippen LogP contribution in [0.1, 0.15) is 49.8 Å². The maximum Gasteiger partial charge on any atom is 0.123 e. The Labute approximate surface area is 118 Å². The second-order valence-corrected chi connectivity index (χ2v) is 5.53. The van der Waals surface area contributed by atoms with E-state index in [1.165, 1.54) is 29.5 Å². The van der Waals surface area contributed by atoms with E-state index >= 15 is 0 Å². The molecule has 0 spiro atoms. The number of aryl methyl sites for hydroxylation is 2. The first-order chi connectivity index (χ1) is 9.04. The van der Waals surface area contributed by atoms with E-state index in [9.17, 15) is 0 Å². The van der Waals surface area contributed by atoms with E-state index in [1.807, 2.05) is 0 Å². The van der Waals surface area contributed by atoms with Crippen molar-refractivity contribution in [3.63, 3.8) is 0 Å². The predicted octanol–water partition coefficient (Wildman–Crippen LogP) is 4.16. The first-order valence-corrected chi connectivity index (χ1v) is 7.49. The van der Waals surface area contributed by atoms with Crippen LogP contribution >= 0.6 is 0 Å². The smallest absolute Gasteiger partial charge is 0.123 e. The quantitative estimate of drug-likeness (QED) is 0.711. The summed E-state index contributed by atoms with van der Waals surface area (Å²) < 4.78 is 6.09. The molecule has 0 aliphatic carbocycles. The average Bonchev–Trinajstić information content (AvgIpc) is 2.35. The topological polar surface area (TPSA) is 21.3 Å². The van der Waals surface area contributed by atoms with E-state index in [2.05, 4.69) is 52.1 Å². The molecule has 1 aromatic carbocycles. The summed E-state index contributed by atoms with van der Waals surface area (Å²) in [6.07, 6.45) is 3.76. The van der Waals surface area contributed by atoms with E-state index in [4.69, 9.17) is 4.74 Å². The summed E-state index contributed by atoms with van der Waals surface area (Å²) in [5.74, 6) is 1.05. The Morgan fingerprint density at radius 3 is 2.58 bits per heavy atom. The van der Waals surface area contributed by atoms with Crippen molar-refractivity contribution in [2.24, 2.45) is 0 Å². The van der Waals surface area contributed by atoms with Crippen LogP contribution in [0.2, 0.25) is 0 Å². The van der Waals surface area contributed by atoms with E-state index in [1.54, 1.807) is 0 Å². The second-order valence-electron chi connectivity index (χ2n) is 5.53. The van der Waals surface area contributed by atoms with Crippen molar-refractivity contribution >= 4 is 0 Å². The van der Waals surface area contributed by atoms with Gasteiger partial charge in [0.2, 0.25) is 0 Å². The van der Waals surface area contributed by atoms with Crippen LogP contribution in [-0.4, -0.2) is 19.2 Å². The fourth-order valence-corrected chi connectivity index (χ4v) is 2.22. The molecule has 0 aliphatic heterocycles. The lowest BCUT2D eigenvalue weighted by atomic mass is 10.1. The van der Waals surface area contributed by atoms with E-state index in [-0.39, 0.29) is 6.10 Å². The van der Waals surface area contributed by atoms with Crippen molar-refractivity contribution in [2.45, 2.75) is 60.0 Å². The monoisotopic (exact) mass is 263 g/mol. The highest BCUT2D eigenvalue weighted by atomic mass is 16.5. The van der Waals surface area contributed by atoms with Gasteiger partial charge in [-0.2, -0.15) is 0 Å². The molecule has 0 saturated heterocycles. The molecule has 0 aromatic heterocycles. The molecule has 1 unspecified atom stereocenters. The van der Waals surface area contributed by atoms with Crippen molar-refractivity contribution in [2.75, 3.05) is 13.1 Å². The number of ether oxygens (including phenoxy) is 1. The van der Waals surface area contributed by atoms with Crippen LogP contribution in [-0.2, 0) is 0 Å². The SMILES string of the molecule is CCCNCCCC(C)Oc1cc(C)cc(C)c1C. The van der Waals surface area contributed by atoms with Crippen molar-refractivity contribution in [1.29, 1.82) is 0 Å². The van der Waals surface area contributed by atoms with Gasteiger partial charge in [0.15, 0.2) is 0 Å². The highest BCUT2D eigenvalue weighted by molar-refractivity contribution is 5.42. The molecule has 108 valence electrons. The highest BCUT2D eigenvalue weighted by Gasteiger charge is 2.08. The number of benzene rings is 1. The summed E-state index contributed by atoms with van der Waals surface area (Å²) in [5.41, 5.74) is 3.85. The molecule has 0 aliphatic rings. The van der Waals surface area contributed by atoms with Crippen molar-refractivity contribution in [3.05, 3.63) is 28.8 Å². The van der Waals surface area contributed by atoms with Gasteiger partial charge in [0, 0.05) is 0 Å². The zero-order valence-corrected chi connectivity index (χ0v) is 13.2. The summed E-state index contributed by atoms with van der Waals surface area (Å²) in [4.78, 5) is 0. The van der Waals surface area contributed by atoms with Crippen LogP contribution in [0.3, 0.4) is 0 Å². The van der Waals surface area contributed by atoms with Gasteiger partial charge < -0.3 is 10.1 Å². The highest BCUT2D eigenvalue weighted by Crippen LogP contribution is 2.24. The van der Waals surface area contributed by atoms with Crippen LogP contribution in [0.5, 0.6) is 5.75 Å². The van der Waals surface area contributed by atoms with Crippen LogP contribution in [0, 0.1) is 20.8 Å². The Morgan fingerprint density at radius 2 is 1.89 bits per heavy atom. The van der Waals surface area contributed by atoms with Gasteiger partial charge in [-0.25, -0.2) is 0 Å². The van der Waals surface area contributed by atoms with Gasteiger partial charge in [0.1, 0.15) is 5.75 Å². The van der Waals surface area contributed by atoms with E-state index in [0.717, 1.165) is 25.3 Å². The Balaban J connectivity index is 2.42. The first kappa shape index (κ1) is 16.0. The third kappa shape index (κ3) is 5.65. The molecular formula is C17H29NO. The molecule has 0 saturated carbocycles. The summed E-state index contributed by atoms with van der Waals surface area (Å²) >= 11 is 0. The van der Waals surface area contributed by atoms with Gasteiger partial charge in [-0.1, -0.05) is 13.0 Å². The van der Waals surface area contributed by atoms with E-state index in [0.29, 0.717) is 0 Å². The molecule has 0 radical (unpaired) electrons. The molecule has 0 heterocycles. The Bertz CT molecular complexity index is 387. The molecule has 1 rings (SSSR count). The zero-order valence-electron chi connectivity index (χ0n) is 13.2. The van der Waals surface area contributed by atoms with Crippen molar-refractivity contribution < 1.29 is 4.74 Å². The molecule has 1 aromatic rings. The maximum atomic E-state index is 6.09. The molecular weight excluding hydrogens is 234 g/mol. The first-order valence-electron chi connectivity index (χ1n) is 7.49. The standard InChI is InChI=1S/C17H29NO/c1-6-9-18-10-7-8-15(4)19-17-12-13(2)11-14(3)16(17)5/h11-12,15,18H,6-10H2,1-5H3. The van der Waals surface area contributed by atoms with Gasteiger partial charge in [-0.3, -0.25) is 0 Å². The molecule has 1 N–H and O–H groups in total. The van der Waals surface area contributed by atoms with Crippen molar-refractivity contribution in [1.82, 2.24) is 5.32 Å². The molecule has 0 fully saturated rings. The maximum absolute atomic E-state index is 6.09. The summed E-state index contributed by atoms with van der Waals surface area (Å²) in [7, 11) is 0. The third-order valence-electron chi connectivity index (χ3n) is 3.48. The summed E-state index contributed by atoms with van der Waals surface area (Å²) in [6.45, 7) is 13.0. The van der Waals surface area contributed by atoms with Crippen molar-refractivity contribution in [3.8, 4) is 5.75 Å². The minimum absolute atomic E-state index is 0.281. The van der Waals surface area contributed by atoms with Crippen LogP contribution in [0.4, 0.5) is 0 Å². The predicted molar refractivity (Wildman–Crippen MR) is 83.1 cm³/mol. The van der Waals surface area contributed by atoms with Gasteiger partial charge in [0.05, 0.1) is 6.10 Å². The summed E-state index contributed by atoms with van der Waals surface area (Å²) in [5, 5.41) is 3.43. The number of nitrogens with one attached hydrogen (secondary N) is 1. The minimum Gasteiger partial charge on any atom is -0.490 e. The van der Waals surface area contributed by atoms with E-state index < -0.39 is 0 Å². The molecule has 2 nitrogen and oxygen atoms in total. The fraction of sp³-hybridized carbons (Fsp3) is 0.647. The number of hydrogen-bond acceptors (Lipinski definition) is 2. The molecule has 2 heteroatoms. The van der Waals surface area contributed by atoms with Crippen LogP contribution < -0.4 is 10.1 Å². The fourth-order valence-electron chi connectivity index (χ4n) is 2.22. The largest absolute Gasteiger partial charge is 0.490 e. The second kappa shape index (κ2) is 8.21. The molecule has 19 heavy (non-hydrogen) atoms. The van der Waals surface area contributed by atoms with Gasteiger partial charge >= 0.3 is 0 Å². The lowest BCUT2D eigenvalue weighted by Crippen LogP contribution is -2.19. The molecule has 1 atom stereocenters. The Hall–Kier alpha value is -1.02. The van der Waals surface area contributed by atoms with Gasteiger partial charge in [0.25, 0.3) is 0 Å². The normalized spacial score (nSPS) is 12.5. The number of hydrogen-bond donors (Lipinski definition) is 1. The zero-order chi connectivity index (χ0) is 14.3. The lowest BCUT2D eigenvalue weighted by Gasteiger charge is -2.18. The van der Waals surface area contributed by atoms with Crippen LogP contribution in [0.25, 0.3) is 0 Å². The third-order valence-corrected chi connectivity index (χ3v) is 3.48. The van der Waals surface area contributed by atoms with Gasteiger partial charge in [-0.05, 0) is 82.8 Å². The Morgan fingerprint density at radius 1 is 1.16 bits per heavy atom. The molecule has 0 amide bonds. The minimum atomic E-state index is 0.281. The van der Waals surface area contributed by atoms with Crippen LogP contribution in [0.15, 0.2) is 12.1 Å².